The standard InChI is InChI=1S/C23H24Cl3N3O3/c1-13(2)28(3)22(31)14-6-7-18(26)19(11-14)27-21(30)20-5-4-8-29(20)23(32)15-9-16(24)12-17(25)10-15/h6-7,9-13,20H,4-5,8H2,1-3H3,(H,27,30). The van der Waals surface area contributed by atoms with Gasteiger partial charge in [-0.2, -0.15) is 0 Å². The maximum Gasteiger partial charge on any atom is 0.254 e. The highest BCUT2D eigenvalue weighted by molar-refractivity contribution is 6.35. The molecule has 0 saturated carbocycles. The van der Waals surface area contributed by atoms with E-state index in [-0.39, 0.29) is 23.8 Å². The Balaban J connectivity index is 1.79. The molecule has 32 heavy (non-hydrogen) atoms. The van der Waals surface area contributed by atoms with E-state index in [1.54, 1.807) is 36.2 Å². The Hall–Kier alpha value is -2.28. The van der Waals surface area contributed by atoms with E-state index in [1.807, 2.05) is 13.8 Å². The average molecular weight is 497 g/mol. The van der Waals surface area contributed by atoms with Gasteiger partial charge in [0, 0.05) is 40.8 Å². The van der Waals surface area contributed by atoms with Crippen LogP contribution in [0.1, 0.15) is 47.4 Å². The summed E-state index contributed by atoms with van der Waals surface area (Å²) in [7, 11) is 1.71. The van der Waals surface area contributed by atoms with Crippen LogP contribution in [0.3, 0.4) is 0 Å². The van der Waals surface area contributed by atoms with Crippen molar-refractivity contribution in [2.24, 2.45) is 0 Å². The number of hydrogen-bond donors (Lipinski definition) is 1. The molecule has 170 valence electrons. The fourth-order valence-electron chi connectivity index (χ4n) is 3.53. The molecule has 0 spiro atoms. The highest BCUT2D eigenvalue weighted by Gasteiger charge is 2.35. The summed E-state index contributed by atoms with van der Waals surface area (Å²) in [5.74, 6) is -0.865. The molecule has 0 bridgehead atoms. The van der Waals surface area contributed by atoms with E-state index in [9.17, 15) is 14.4 Å². The summed E-state index contributed by atoms with van der Waals surface area (Å²) >= 11 is 18.3. The molecule has 1 aliphatic rings. The van der Waals surface area contributed by atoms with Gasteiger partial charge in [-0.15, -0.1) is 0 Å². The summed E-state index contributed by atoms with van der Waals surface area (Å²) in [5.41, 5.74) is 1.06. The van der Waals surface area contributed by atoms with Gasteiger partial charge in [0.2, 0.25) is 5.91 Å². The Morgan fingerprint density at radius 2 is 1.69 bits per heavy atom. The second-order valence-electron chi connectivity index (χ2n) is 8.01. The predicted molar refractivity (Wildman–Crippen MR) is 128 cm³/mol. The van der Waals surface area contributed by atoms with Crippen molar-refractivity contribution >= 4 is 58.2 Å². The molecule has 6 nitrogen and oxygen atoms in total. The summed E-state index contributed by atoms with van der Waals surface area (Å²) in [6.07, 6.45) is 1.20. The second kappa shape index (κ2) is 10.1. The van der Waals surface area contributed by atoms with E-state index >= 15 is 0 Å². The monoisotopic (exact) mass is 495 g/mol. The molecule has 3 amide bonds. The summed E-state index contributed by atoms with van der Waals surface area (Å²) < 4.78 is 0. The first kappa shape index (κ1) is 24.4. The van der Waals surface area contributed by atoms with Crippen LogP contribution < -0.4 is 5.32 Å². The van der Waals surface area contributed by atoms with Gasteiger partial charge >= 0.3 is 0 Å². The number of hydrogen-bond acceptors (Lipinski definition) is 3. The zero-order chi connectivity index (χ0) is 23.6. The number of halogens is 3. The number of carbonyl (C=O) groups excluding carboxylic acids is 3. The van der Waals surface area contributed by atoms with E-state index in [4.69, 9.17) is 34.8 Å². The lowest BCUT2D eigenvalue weighted by molar-refractivity contribution is -0.119. The predicted octanol–water partition coefficient (Wildman–Crippen LogP) is 5.37. The van der Waals surface area contributed by atoms with Crippen molar-refractivity contribution in [3.8, 4) is 0 Å². The van der Waals surface area contributed by atoms with E-state index in [0.29, 0.717) is 51.3 Å². The third-order valence-electron chi connectivity index (χ3n) is 5.49. The number of amides is 3. The number of rotatable bonds is 5. The maximum absolute atomic E-state index is 13.1. The Labute approximate surface area is 202 Å². The Bertz CT molecular complexity index is 1040. The van der Waals surface area contributed by atoms with Crippen molar-refractivity contribution < 1.29 is 14.4 Å². The van der Waals surface area contributed by atoms with Crippen LogP contribution in [0.15, 0.2) is 36.4 Å². The number of nitrogens with one attached hydrogen (secondary N) is 1. The lowest BCUT2D eigenvalue weighted by Crippen LogP contribution is -2.43. The lowest BCUT2D eigenvalue weighted by atomic mass is 10.1. The molecule has 1 heterocycles. The number of anilines is 1. The minimum atomic E-state index is -0.672. The van der Waals surface area contributed by atoms with Crippen molar-refractivity contribution in [2.45, 2.75) is 38.8 Å². The molecule has 0 aromatic heterocycles. The topological polar surface area (TPSA) is 69.7 Å². The van der Waals surface area contributed by atoms with E-state index in [1.165, 1.54) is 17.0 Å². The van der Waals surface area contributed by atoms with Crippen molar-refractivity contribution in [1.29, 1.82) is 0 Å². The van der Waals surface area contributed by atoms with E-state index < -0.39 is 6.04 Å². The fourth-order valence-corrected chi connectivity index (χ4v) is 4.22. The fraction of sp³-hybridized carbons (Fsp3) is 0.348. The van der Waals surface area contributed by atoms with Gasteiger partial charge in [-0.25, -0.2) is 0 Å². The zero-order valence-electron chi connectivity index (χ0n) is 18.0. The molecular weight excluding hydrogens is 473 g/mol. The largest absolute Gasteiger partial charge is 0.339 e. The molecule has 1 saturated heterocycles. The van der Waals surface area contributed by atoms with Gasteiger partial charge in [0.05, 0.1) is 10.7 Å². The molecule has 9 heteroatoms. The third kappa shape index (κ3) is 5.37. The minimum Gasteiger partial charge on any atom is -0.339 e. The summed E-state index contributed by atoms with van der Waals surface area (Å²) in [4.78, 5) is 41.8. The molecule has 1 N–H and O–H groups in total. The number of likely N-dealkylation sites (tertiary alicyclic amines) is 1. The minimum absolute atomic E-state index is 0.0225. The average Bonchev–Trinajstić information content (AvgIpc) is 3.23. The maximum atomic E-state index is 13.1. The normalized spacial score (nSPS) is 15.7. The molecule has 2 aromatic carbocycles. The Morgan fingerprint density at radius 3 is 2.31 bits per heavy atom. The SMILES string of the molecule is CC(C)N(C)C(=O)c1ccc(Cl)c(NC(=O)C2CCCN2C(=O)c2cc(Cl)cc(Cl)c2)c1. The zero-order valence-corrected chi connectivity index (χ0v) is 20.3. The summed E-state index contributed by atoms with van der Waals surface area (Å²) in [6.45, 7) is 4.26. The highest BCUT2D eigenvalue weighted by Crippen LogP contribution is 2.28. The Morgan fingerprint density at radius 1 is 1.03 bits per heavy atom. The van der Waals surface area contributed by atoms with Gasteiger partial charge in [0.1, 0.15) is 6.04 Å². The van der Waals surface area contributed by atoms with Gasteiger partial charge in [0.25, 0.3) is 11.8 Å². The first-order chi connectivity index (χ1) is 15.1. The first-order valence-corrected chi connectivity index (χ1v) is 11.4. The van der Waals surface area contributed by atoms with E-state index in [2.05, 4.69) is 5.32 Å². The highest BCUT2D eigenvalue weighted by atomic mass is 35.5. The van der Waals surface area contributed by atoms with Gasteiger partial charge in [-0.05, 0) is 63.1 Å². The quantitative estimate of drug-likeness (QED) is 0.605. The second-order valence-corrected chi connectivity index (χ2v) is 9.29. The molecule has 1 atom stereocenters. The molecular formula is C23H24Cl3N3O3. The first-order valence-electron chi connectivity index (χ1n) is 10.2. The van der Waals surface area contributed by atoms with Crippen molar-refractivity contribution in [1.82, 2.24) is 9.80 Å². The number of carbonyl (C=O) groups is 3. The molecule has 1 unspecified atom stereocenters. The molecule has 3 rings (SSSR count). The van der Waals surface area contributed by atoms with Gasteiger partial charge in [-0.3, -0.25) is 14.4 Å². The van der Waals surface area contributed by atoms with Gasteiger partial charge in [0.15, 0.2) is 0 Å². The van der Waals surface area contributed by atoms with Crippen LogP contribution in [0, 0.1) is 0 Å². The molecule has 0 radical (unpaired) electrons. The number of nitrogens with zero attached hydrogens (tertiary/aromatic N) is 2. The van der Waals surface area contributed by atoms with Crippen LogP contribution in [0.4, 0.5) is 5.69 Å². The Kier molecular flexibility index (Phi) is 7.70. The van der Waals surface area contributed by atoms with Crippen LogP contribution in [-0.2, 0) is 4.79 Å². The number of benzene rings is 2. The van der Waals surface area contributed by atoms with Crippen LogP contribution >= 0.6 is 34.8 Å². The van der Waals surface area contributed by atoms with Gasteiger partial charge < -0.3 is 15.1 Å². The molecule has 0 aliphatic carbocycles. The van der Waals surface area contributed by atoms with Crippen LogP contribution in [0.5, 0.6) is 0 Å². The molecule has 1 fully saturated rings. The van der Waals surface area contributed by atoms with Crippen molar-refractivity contribution in [3.05, 3.63) is 62.6 Å². The van der Waals surface area contributed by atoms with Crippen molar-refractivity contribution in [3.63, 3.8) is 0 Å². The van der Waals surface area contributed by atoms with Gasteiger partial charge in [-0.1, -0.05) is 34.8 Å². The van der Waals surface area contributed by atoms with Crippen LogP contribution in [-0.4, -0.2) is 53.2 Å². The summed E-state index contributed by atoms with van der Waals surface area (Å²) in [5, 5.41) is 3.79. The van der Waals surface area contributed by atoms with Crippen LogP contribution in [0.25, 0.3) is 0 Å². The smallest absolute Gasteiger partial charge is 0.254 e. The van der Waals surface area contributed by atoms with Crippen molar-refractivity contribution in [2.75, 3.05) is 18.9 Å². The lowest BCUT2D eigenvalue weighted by Gasteiger charge is -2.25. The van der Waals surface area contributed by atoms with Crippen LogP contribution in [0.2, 0.25) is 15.1 Å². The third-order valence-corrected chi connectivity index (χ3v) is 6.26. The van der Waals surface area contributed by atoms with E-state index in [0.717, 1.165) is 0 Å². The summed E-state index contributed by atoms with van der Waals surface area (Å²) in [6, 6.07) is 8.70. The molecule has 2 aromatic rings. The molecule has 1 aliphatic heterocycles.